The summed E-state index contributed by atoms with van der Waals surface area (Å²) in [5, 5.41) is 6.31. The molecule has 6 nitrogen and oxygen atoms in total. The van der Waals surface area contributed by atoms with Crippen molar-refractivity contribution >= 4 is 23.2 Å². The Morgan fingerprint density at radius 1 is 1.79 bits per heavy atom. The van der Waals surface area contributed by atoms with Crippen LogP contribution in [0.1, 0.15) is 0 Å². The Morgan fingerprint density at radius 2 is 2.43 bits per heavy atom. The summed E-state index contributed by atoms with van der Waals surface area (Å²) < 4.78 is 1.10. The van der Waals surface area contributed by atoms with Crippen molar-refractivity contribution in [3.63, 3.8) is 0 Å². The topological polar surface area (TPSA) is 90.0 Å². The second-order valence-corrected chi connectivity index (χ2v) is 3.00. The smallest absolute Gasteiger partial charge is 0.287 e. The van der Waals surface area contributed by atoms with Crippen molar-refractivity contribution in [2.45, 2.75) is 0 Å². The molecule has 76 valence electrons. The summed E-state index contributed by atoms with van der Waals surface area (Å²) in [5.41, 5.74) is 4.78. The van der Waals surface area contributed by atoms with Gasteiger partial charge in [-0.3, -0.25) is 9.59 Å². The van der Waals surface area contributed by atoms with Crippen LogP contribution in [0.4, 0.5) is 5.69 Å². The highest BCUT2D eigenvalue weighted by Crippen LogP contribution is 2.13. The zero-order valence-corrected chi connectivity index (χ0v) is 8.21. The molecule has 0 aliphatic rings. The fraction of sp³-hybridized carbons (Fsp3) is 0.286. The number of aryl methyl sites for hydroxylation is 1. The van der Waals surface area contributed by atoms with Crippen LogP contribution in [0.25, 0.3) is 0 Å². The molecule has 0 radical (unpaired) electrons. The van der Waals surface area contributed by atoms with E-state index >= 15 is 0 Å². The van der Waals surface area contributed by atoms with Gasteiger partial charge in [-0.25, -0.2) is 4.68 Å². The predicted octanol–water partition coefficient (Wildman–Crippen LogP) is -0.669. The minimum atomic E-state index is -0.540. The molecule has 1 amide bonds. The molecule has 14 heavy (non-hydrogen) atoms. The number of amides is 1. The number of nitrogens with two attached hydrogens (primary N) is 1. The zero-order chi connectivity index (χ0) is 10.7. The van der Waals surface area contributed by atoms with Crippen molar-refractivity contribution in [1.82, 2.24) is 9.78 Å². The van der Waals surface area contributed by atoms with Crippen molar-refractivity contribution in [2.24, 2.45) is 12.8 Å². The van der Waals surface area contributed by atoms with Crippen molar-refractivity contribution in [1.29, 1.82) is 0 Å². The van der Waals surface area contributed by atoms with E-state index in [4.69, 9.17) is 17.3 Å². The van der Waals surface area contributed by atoms with Crippen LogP contribution in [-0.2, 0) is 11.8 Å². The number of carbonyl (C=O) groups excluding carboxylic acids is 1. The molecule has 0 fully saturated rings. The molecule has 1 aromatic heterocycles. The van der Waals surface area contributed by atoms with Gasteiger partial charge in [-0.05, 0) is 0 Å². The van der Waals surface area contributed by atoms with Crippen LogP contribution in [0.5, 0.6) is 0 Å². The fourth-order valence-corrected chi connectivity index (χ4v) is 1.05. The molecule has 0 aliphatic heterocycles. The lowest BCUT2D eigenvalue weighted by molar-refractivity contribution is -0.116. The Kier molecular flexibility index (Phi) is 3.08. The van der Waals surface area contributed by atoms with Gasteiger partial charge in [0.2, 0.25) is 5.91 Å². The summed E-state index contributed by atoms with van der Waals surface area (Å²) in [6.07, 6.45) is 1.35. The minimum absolute atomic E-state index is 0.0104. The quantitative estimate of drug-likeness (QED) is 0.701. The van der Waals surface area contributed by atoms with E-state index in [1.165, 1.54) is 13.2 Å². The highest BCUT2D eigenvalue weighted by molar-refractivity contribution is 6.32. The number of anilines is 1. The van der Waals surface area contributed by atoms with Gasteiger partial charge in [-0.1, -0.05) is 11.6 Å². The number of hydrogen-bond donors (Lipinski definition) is 2. The normalized spacial score (nSPS) is 9.86. The predicted molar refractivity (Wildman–Crippen MR) is 52.2 cm³/mol. The van der Waals surface area contributed by atoms with Gasteiger partial charge in [0, 0.05) is 7.05 Å². The first-order valence-electron chi connectivity index (χ1n) is 3.76. The molecule has 1 aromatic rings. The lowest BCUT2D eigenvalue weighted by atomic mass is 10.4. The van der Waals surface area contributed by atoms with Gasteiger partial charge < -0.3 is 11.1 Å². The molecule has 0 unspecified atom stereocenters. The Balaban J connectivity index is 2.94. The van der Waals surface area contributed by atoms with Crippen LogP contribution in [-0.4, -0.2) is 22.2 Å². The van der Waals surface area contributed by atoms with Crippen molar-refractivity contribution < 1.29 is 4.79 Å². The summed E-state index contributed by atoms with van der Waals surface area (Å²) in [6, 6.07) is 0. The molecule has 7 heteroatoms. The summed E-state index contributed by atoms with van der Waals surface area (Å²) in [5.74, 6) is -0.540. The number of carbonyl (C=O) groups is 1. The molecule has 0 atom stereocenters. The summed E-state index contributed by atoms with van der Waals surface area (Å²) >= 11 is 5.69. The van der Waals surface area contributed by atoms with Gasteiger partial charge in [0.1, 0.15) is 5.02 Å². The van der Waals surface area contributed by atoms with Crippen LogP contribution >= 0.6 is 11.6 Å². The van der Waals surface area contributed by atoms with E-state index in [0.717, 1.165) is 4.68 Å². The third-order valence-electron chi connectivity index (χ3n) is 1.53. The Bertz CT molecular complexity index is 415. The van der Waals surface area contributed by atoms with E-state index in [1.807, 2.05) is 0 Å². The van der Waals surface area contributed by atoms with E-state index in [2.05, 4.69) is 10.4 Å². The summed E-state index contributed by atoms with van der Waals surface area (Å²) in [7, 11) is 1.48. The van der Waals surface area contributed by atoms with Crippen LogP contribution in [0.15, 0.2) is 11.0 Å². The Hall–Kier alpha value is -1.56. The van der Waals surface area contributed by atoms with Gasteiger partial charge >= 0.3 is 0 Å². The van der Waals surface area contributed by atoms with Gasteiger partial charge in [-0.2, -0.15) is 5.10 Å². The van der Waals surface area contributed by atoms with Crippen LogP contribution in [0, 0.1) is 0 Å². The maximum absolute atomic E-state index is 11.2. The highest BCUT2D eigenvalue weighted by Gasteiger charge is 2.06. The SMILES string of the molecule is Cn1ncc(NCC(N)=O)c(Cl)c1=O. The van der Waals surface area contributed by atoms with E-state index in [1.54, 1.807) is 0 Å². The summed E-state index contributed by atoms with van der Waals surface area (Å²) in [6.45, 7) is -0.0887. The molecular weight excluding hydrogens is 208 g/mol. The molecule has 1 heterocycles. The first-order chi connectivity index (χ1) is 6.52. The first kappa shape index (κ1) is 10.5. The number of aromatic nitrogens is 2. The monoisotopic (exact) mass is 216 g/mol. The van der Waals surface area contributed by atoms with Crippen molar-refractivity contribution in [3.8, 4) is 0 Å². The molecule has 0 saturated carbocycles. The zero-order valence-electron chi connectivity index (χ0n) is 7.45. The lowest BCUT2D eigenvalue weighted by Gasteiger charge is -2.05. The van der Waals surface area contributed by atoms with E-state index in [0.29, 0.717) is 5.69 Å². The first-order valence-corrected chi connectivity index (χ1v) is 4.14. The lowest BCUT2D eigenvalue weighted by Crippen LogP contribution is -2.25. The fourth-order valence-electron chi connectivity index (χ4n) is 0.816. The number of halogens is 1. The van der Waals surface area contributed by atoms with Crippen LogP contribution in [0.2, 0.25) is 5.02 Å². The van der Waals surface area contributed by atoms with Gasteiger partial charge in [0.05, 0.1) is 18.4 Å². The van der Waals surface area contributed by atoms with Gasteiger partial charge in [-0.15, -0.1) is 0 Å². The molecule has 0 saturated heterocycles. The number of primary amides is 1. The van der Waals surface area contributed by atoms with Crippen LogP contribution in [0.3, 0.4) is 0 Å². The average Bonchev–Trinajstić information content (AvgIpc) is 2.13. The molecule has 0 aromatic carbocycles. The standard InChI is InChI=1S/C7H9ClN4O2/c1-12-7(14)6(8)4(2-11-12)10-3-5(9)13/h2,10H,3H2,1H3,(H2,9,13). The molecule has 0 bridgehead atoms. The third-order valence-corrected chi connectivity index (χ3v) is 1.90. The number of nitrogens with one attached hydrogen (secondary N) is 1. The second-order valence-electron chi connectivity index (χ2n) is 2.62. The highest BCUT2D eigenvalue weighted by atomic mass is 35.5. The molecular formula is C7H9ClN4O2. The Labute approximate surface area is 84.7 Å². The Morgan fingerprint density at radius 3 is 3.00 bits per heavy atom. The number of hydrogen-bond acceptors (Lipinski definition) is 4. The van der Waals surface area contributed by atoms with E-state index < -0.39 is 11.5 Å². The van der Waals surface area contributed by atoms with E-state index in [-0.39, 0.29) is 11.6 Å². The average molecular weight is 217 g/mol. The second kappa shape index (κ2) is 4.10. The summed E-state index contributed by atoms with van der Waals surface area (Å²) in [4.78, 5) is 21.7. The third kappa shape index (κ3) is 2.23. The molecule has 0 spiro atoms. The van der Waals surface area contributed by atoms with Crippen molar-refractivity contribution in [2.75, 3.05) is 11.9 Å². The minimum Gasteiger partial charge on any atom is -0.373 e. The maximum Gasteiger partial charge on any atom is 0.287 e. The van der Waals surface area contributed by atoms with Crippen molar-refractivity contribution in [3.05, 3.63) is 21.6 Å². The van der Waals surface area contributed by atoms with Crippen LogP contribution < -0.4 is 16.6 Å². The number of rotatable bonds is 3. The van der Waals surface area contributed by atoms with Gasteiger partial charge in [0.25, 0.3) is 5.56 Å². The van der Waals surface area contributed by atoms with E-state index in [9.17, 15) is 9.59 Å². The largest absolute Gasteiger partial charge is 0.373 e. The molecule has 3 N–H and O–H groups in total. The maximum atomic E-state index is 11.2. The van der Waals surface area contributed by atoms with Gasteiger partial charge in [0.15, 0.2) is 0 Å². The molecule has 0 aliphatic carbocycles. The molecule has 1 rings (SSSR count). The number of nitrogens with zero attached hydrogens (tertiary/aromatic N) is 2.